The van der Waals surface area contributed by atoms with Crippen LogP contribution in [0, 0.1) is 17.1 Å². The molecule has 0 spiro atoms. The Labute approximate surface area is 112 Å². The van der Waals surface area contributed by atoms with Crippen LogP contribution in [0.1, 0.15) is 5.56 Å². The predicted molar refractivity (Wildman–Crippen MR) is 69.5 cm³/mol. The summed E-state index contributed by atoms with van der Waals surface area (Å²) in [5.74, 6) is -0.445. The van der Waals surface area contributed by atoms with Gasteiger partial charge in [0.2, 0.25) is 0 Å². The van der Waals surface area contributed by atoms with E-state index in [1.165, 1.54) is 0 Å². The van der Waals surface area contributed by atoms with Crippen LogP contribution in [0.5, 0.6) is 0 Å². The van der Waals surface area contributed by atoms with Gasteiger partial charge in [0.05, 0.1) is 22.1 Å². The third-order valence-electron chi connectivity index (χ3n) is 2.45. The molecule has 0 amide bonds. The first-order valence-electron chi connectivity index (χ1n) is 5.30. The number of anilines is 1. The standard InChI is InChI=1S/C12H10BrFN4/c13-11-9(7-15)1-2-10(12(11)14)17-4-6-18-5-3-16-8-18/h1-3,5,8,17H,4,6H2. The van der Waals surface area contributed by atoms with Crippen LogP contribution in [0.25, 0.3) is 0 Å². The summed E-state index contributed by atoms with van der Waals surface area (Å²) in [6.45, 7) is 1.27. The van der Waals surface area contributed by atoms with Crippen LogP contribution < -0.4 is 5.32 Å². The van der Waals surface area contributed by atoms with E-state index in [2.05, 4.69) is 26.2 Å². The average molecular weight is 309 g/mol. The molecule has 0 saturated carbocycles. The van der Waals surface area contributed by atoms with E-state index in [9.17, 15) is 4.39 Å². The first-order chi connectivity index (χ1) is 8.72. The largest absolute Gasteiger partial charge is 0.381 e. The fraction of sp³-hybridized carbons (Fsp3) is 0.167. The number of hydrogen-bond acceptors (Lipinski definition) is 3. The van der Waals surface area contributed by atoms with Gasteiger partial charge < -0.3 is 9.88 Å². The molecule has 0 fully saturated rings. The van der Waals surface area contributed by atoms with Crippen LogP contribution >= 0.6 is 15.9 Å². The van der Waals surface area contributed by atoms with Gasteiger partial charge in [0.15, 0.2) is 5.82 Å². The molecule has 4 nitrogen and oxygen atoms in total. The summed E-state index contributed by atoms with van der Waals surface area (Å²) in [4.78, 5) is 3.92. The number of nitrogens with zero attached hydrogens (tertiary/aromatic N) is 3. The Morgan fingerprint density at radius 3 is 3.00 bits per heavy atom. The molecular formula is C12H10BrFN4. The van der Waals surface area contributed by atoms with Crippen molar-refractivity contribution in [2.24, 2.45) is 0 Å². The van der Waals surface area contributed by atoms with Gasteiger partial charge in [-0.15, -0.1) is 0 Å². The highest BCUT2D eigenvalue weighted by molar-refractivity contribution is 9.10. The van der Waals surface area contributed by atoms with Crippen LogP contribution in [0.2, 0.25) is 0 Å². The van der Waals surface area contributed by atoms with Crippen molar-refractivity contribution < 1.29 is 4.39 Å². The molecule has 0 aliphatic carbocycles. The molecule has 18 heavy (non-hydrogen) atoms. The molecule has 0 aliphatic rings. The Hall–Kier alpha value is -1.87. The van der Waals surface area contributed by atoms with Gasteiger partial charge in [-0.1, -0.05) is 0 Å². The average Bonchev–Trinajstić information content (AvgIpc) is 2.88. The number of halogens is 2. The van der Waals surface area contributed by atoms with Crippen molar-refractivity contribution in [2.45, 2.75) is 6.54 Å². The van der Waals surface area contributed by atoms with E-state index in [4.69, 9.17) is 5.26 Å². The Morgan fingerprint density at radius 2 is 2.33 bits per heavy atom. The highest BCUT2D eigenvalue weighted by Gasteiger charge is 2.10. The minimum absolute atomic E-state index is 0.192. The van der Waals surface area contributed by atoms with Crippen LogP contribution in [0.4, 0.5) is 10.1 Å². The smallest absolute Gasteiger partial charge is 0.161 e. The zero-order chi connectivity index (χ0) is 13.0. The van der Waals surface area contributed by atoms with E-state index in [0.717, 1.165) is 0 Å². The van der Waals surface area contributed by atoms with Crippen LogP contribution in [0.15, 0.2) is 35.3 Å². The molecule has 92 valence electrons. The number of nitriles is 1. The molecule has 1 heterocycles. The summed E-state index contributed by atoms with van der Waals surface area (Å²) in [6.07, 6.45) is 5.23. The van der Waals surface area contributed by atoms with E-state index in [1.54, 1.807) is 24.7 Å². The maximum absolute atomic E-state index is 13.8. The summed E-state index contributed by atoms with van der Waals surface area (Å²) in [5.41, 5.74) is 0.661. The molecule has 0 unspecified atom stereocenters. The summed E-state index contributed by atoms with van der Waals surface area (Å²) in [6, 6.07) is 5.05. The van der Waals surface area contributed by atoms with Crippen LogP contribution in [0.3, 0.4) is 0 Å². The third kappa shape index (κ3) is 2.68. The first kappa shape index (κ1) is 12.6. The molecule has 0 saturated heterocycles. The van der Waals surface area contributed by atoms with Crippen molar-refractivity contribution in [1.82, 2.24) is 9.55 Å². The zero-order valence-electron chi connectivity index (χ0n) is 9.40. The summed E-state index contributed by atoms with van der Waals surface area (Å²) in [5, 5.41) is 11.7. The number of rotatable bonds is 4. The Balaban J connectivity index is 2.02. The van der Waals surface area contributed by atoms with Gasteiger partial charge in [-0.05, 0) is 28.1 Å². The summed E-state index contributed by atoms with van der Waals surface area (Å²) < 4.78 is 15.9. The quantitative estimate of drug-likeness (QED) is 0.945. The molecule has 2 rings (SSSR count). The number of imidazole rings is 1. The highest BCUT2D eigenvalue weighted by atomic mass is 79.9. The van der Waals surface area contributed by atoms with E-state index in [0.29, 0.717) is 18.8 Å². The molecular weight excluding hydrogens is 299 g/mol. The molecule has 0 bridgehead atoms. The number of aromatic nitrogens is 2. The van der Waals surface area contributed by atoms with E-state index < -0.39 is 5.82 Å². The minimum atomic E-state index is -0.445. The summed E-state index contributed by atoms with van der Waals surface area (Å²) >= 11 is 3.07. The predicted octanol–water partition coefficient (Wildman–Crippen LogP) is 2.77. The molecule has 1 aromatic carbocycles. The monoisotopic (exact) mass is 308 g/mol. The fourth-order valence-corrected chi connectivity index (χ4v) is 1.95. The molecule has 2 aromatic rings. The maximum atomic E-state index is 13.8. The van der Waals surface area contributed by atoms with Gasteiger partial charge in [0, 0.05) is 25.5 Å². The molecule has 1 aromatic heterocycles. The van der Waals surface area contributed by atoms with E-state index in [-0.39, 0.29) is 10.0 Å². The third-order valence-corrected chi connectivity index (χ3v) is 3.22. The molecule has 0 atom stereocenters. The maximum Gasteiger partial charge on any atom is 0.161 e. The van der Waals surface area contributed by atoms with Gasteiger partial charge in [-0.3, -0.25) is 0 Å². The zero-order valence-corrected chi connectivity index (χ0v) is 11.0. The Morgan fingerprint density at radius 1 is 1.50 bits per heavy atom. The topological polar surface area (TPSA) is 53.6 Å². The van der Waals surface area contributed by atoms with Crippen molar-refractivity contribution in [3.8, 4) is 6.07 Å². The van der Waals surface area contributed by atoms with Gasteiger partial charge >= 0.3 is 0 Å². The number of benzene rings is 1. The second kappa shape index (κ2) is 5.65. The highest BCUT2D eigenvalue weighted by Crippen LogP contribution is 2.26. The molecule has 0 radical (unpaired) electrons. The van der Waals surface area contributed by atoms with E-state index in [1.807, 2.05) is 16.8 Å². The Kier molecular flexibility index (Phi) is 3.95. The second-order valence-corrected chi connectivity index (χ2v) is 4.42. The lowest BCUT2D eigenvalue weighted by atomic mass is 10.2. The lowest BCUT2D eigenvalue weighted by Gasteiger charge is -2.09. The first-order valence-corrected chi connectivity index (χ1v) is 6.09. The number of hydrogen-bond donors (Lipinski definition) is 1. The Bertz CT molecular complexity index is 575. The van der Waals surface area contributed by atoms with Crippen molar-refractivity contribution >= 4 is 21.6 Å². The normalized spacial score (nSPS) is 10.1. The second-order valence-electron chi connectivity index (χ2n) is 3.63. The molecule has 0 aliphatic heterocycles. The van der Waals surface area contributed by atoms with Crippen LogP contribution in [-0.2, 0) is 6.54 Å². The lowest BCUT2D eigenvalue weighted by molar-refractivity contribution is 0.620. The molecule has 6 heteroatoms. The van der Waals surface area contributed by atoms with Gasteiger partial charge in [0.25, 0.3) is 0 Å². The lowest BCUT2D eigenvalue weighted by Crippen LogP contribution is -2.10. The fourth-order valence-electron chi connectivity index (χ4n) is 1.51. The molecule has 1 N–H and O–H groups in total. The SMILES string of the molecule is N#Cc1ccc(NCCn2ccnc2)c(F)c1Br. The van der Waals surface area contributed by atoms with Crippen molar-refractivity contribution in [3.63, 3.8) is 0 Å². The summed E-state index contributed by atoms with van der Waals surface area (Å²) in [7, 11) is 0. The van der Waals surface area contributed by atoms with Gasteiger partial charge in [-0.25, -0.2) is 9.37 Å². The van der Waals surface area contributed by atoms with Crippen molar-refractivity contribution in [2.75, 3.05) is 11.9 Å². The van der Waals surface area contributed by atoms with Crippen LogP contribution in [-0.4, -0.2) is 16.1 Å². The number of nitrogens with one attached hydrogen (secondary N) is 1. The van der Waals surface area contributed by atoms with Gasteiger partial charge in [0.1, 0.15) is 6.07 Å². The van der Waals surface area contributed by atoms with Crippen molar-refractivity contribution in [1.29, 1.82) is 5.26 Å². The van der Waals surface area contributed by atoms with Crippen molar-refractivity contribution in [3.05, 3.63) is 46.7 Å². The minimum Gasteiger partial charge on any atom is -0.381 e. The van der Waals surface area contributed by atoms with Gasteiger partial charge in [-0.2, -0.15) is 5.26 Å². The van der Waals surface area contributed by atoms with E-state index >= 15 is 0 Å².